The van der Waals surface area contributed by atoms with Gasteiger partial charge in [0, 0.05) is 10.7 Å². The van der Waals surface area contributed by atoms with Crippen molar-refractivity contribution in [3.63, 3.8) is 0 Å². The highest BCUT2D eigenvalue weighted by Gasteiger charge is 2.17. The molecule has 0 aliphatic heterocycles. The molecule has 1 fully saturated rings. The van der Waals surface area contributed by atoms with E-state index in [4.69, 9.17) is 11.6 Å². The first-order valence-electron chi connectivity index (χ1n) is 6.43. The molecule has 0 heterocycles. The molecule has 1 saturated carbocycles. The second-order valence-electron chi connectivity index (χ2n) is 4.85. The summed E-state index contributed by atoms with van der Waals surface area (Å²) in [6.07, 6.45) is 4.35. The summed E-state index contributed by atoms with van der Waals surface area (Å²) in [6.45, 7) is 2.11. The normalized spacial score (nSPS) is 21.4. The first-order valence-corrected chi connectivity index (χ1v) is 6.81. The van der Waals surface area contributed by atoms with Crippen molar-refractivity contribution < 1.29 is 9.90 Å². The second-order valence-corrected chi connectivity index (χ2v) is 5.29. The lowest BCUT2D eigenvalue weighted by molar-refractivity contribution is 0.0951. The van der Waals surface area contributed by atoms with Crippen molar-refractivity contribution >= 4 is 23.2 Å². The van der Waals surface area contributed by atoms with Crippen LogP contribution in [0.1, 0.15) is 43.0 Å². The van der Waals surface area contributed by atoms with Crippen LogP contribution in [0.25, 0.3) is 0 Å². The molecule has 0 saturated heterocycles. The quantitative estimate of drug-likeness (QED) is 0.816. The third-order valence-corrected chi connectivity index (χ3v) is 3.63. The van der Waals surface area contributed by atoms with Crippen LogP contribution in [0.15, 0.2) is 23.3 Å². The van der Waals surface area contributed by atoms with E-state index in [9.17, 15) is 9.90 Å². The molecule has 19 heavy (non-hydrogen) atoms. The van der Waals surface area contributed by atoms with Gasteiger partial charge in [0.1, 0.15) is 5.75 Å². The number of phenolic OH excluding ortho intramolecular Hbond substituents is 1. The van der Waals surface area contributed by atoms with E-state index in [0.717, 1.165) is 25.0 Å². The van der Waals surface area contributed by atoms with Crippen molar-refractivity contribution in [2.45, 2.75) is 32.6 Å². The van der Waals surface area contributed by atoms with Gasteiger partial charge in [0.05, 0.1) is 5.56 Å². The van der Waals surface area contributed by atoms with Crippen LogP contribution in [-0.4, -0.2) is 16.7 Å². The van der Waals surface area contributed by atoms with E-state index in [2.05, 4.69) is 17.5 Å². The first kappa shape index (κ1) is 13.9. The molecule has 1 amide bonds. The van der Waals surface area contributed by atoms with Gasteiger partial charge in [-0.3, -0.25) is 4.79 Å². The standard InChI is InChI=1S/C14H17ClN2O2/c1-9-4-2-3-5-12(9)16-17-14(19)11-8-10(15)6-7-13(11)18/h6-9,18H,2-5H2,1H3,(H,17,19)/b16-12-/t9-/m1/s1. The molecular weight excluding hydrogens is 264 g/mol. The largest absolute Gasteiger partial charge is 0.507 e. The Hall–Kier alpha value is -1.55. The molecule has 1 aliphatic carbocycles. The van der Waals surface area contributed by atoms with E-state index in [1.165, 1.54) is 24.6 Å². The zero-order valence-electron chi connectivity index (χ0n) is 10.8. The molecule has 0 aromatic heterocycles. The zero-order valence-corrected chi connectivity index (χ0v) is 11.6. The van der Waals surface area contributed by atoms with Crippen molar-refractivity contribution in [2.75, 3.05) is 0 Å². The Bertz CT molecular complexity index is 514. The fourth-order valence-electron chi connectivity index (χ4n) is 2.21. The number of phenols is 1. The number of aromatic hydroxyl groups is 1. The average Bonchev–Trinajstić information content (AvgIpc) is 2.40. The van der Waals surface area contributed by atoms with E-state index >= 15 is 0 Å². The van der Waals surface area contributed by atoms with Gasteiger partial charge in [0.2, 0.25) is 0 Å². The minimum absolute atomic E-state index is 0.0983. The number of carbonyl (C=O) groups excluding carboxylic acids is 1. The molecule has 1 aromatic rings. The van der Waals surface area contributed by atoms with Crippen LogP contribution in [0.2, 0.25) is 5.02 Å². The van der Waals surface area contributed by atoms with Gasteiger partial charge < -0.3 is 5.11 Å². The maximum atomic E-state index is 11.9. The summed E-state index contributed by atoms with van der Waals surface area (Å²) in [6, 6.07) is 4.35. The molecule has 1 atom stereocenters. The second kappa shape index (κ2) is 6.06. The predicted molar refractivity (Wildman–Crippen MR) is 75.7 cm³/mol. The highest BCUT2D eigenvalue weighted by Crippen LogP contribution is 2.22. The van der Waals surface area contributed by atoms with Crippen LogP contribution >= 0.6 is 11.6 Å². The Morgan fingerprint density at radius 2 is 2.26 bits per heavy atom. The first-order chi connectivity index (χ1) is 9.08. The van der Waals surface area contributed by atoms with Crippen LogP contribution in [0.4, 0.5) is 0 Å². The molecule has 102 valence electrons. The molecule has 0 unspecified atom stereocenters. The molecule has 0 bridgehead atoms. The summed E-state index contributed by atoms with van der Waals surface area (Å²) in [5.74, 6) is -0.133. The molecule has 4 nitrogen and oxygen atoms in total. The van der Waals surface area contributed by atoms with Crippen LogP contribution in [0, 0.1) is 5.92 Å². The van der Waals surface area contributed by atoms with Crippen molar-refractivity contribution in [2.24, 2.45) is 11.0 Å². The van der Waals surface area contributed by atoms with Crippen molar-refractivity contribution in [3.8, 4) is 5.75 Å². The molecule has 5 heteroatoms. The number of carbonyl (C=O) groups is 1. The maximum Gasteiger partial charge on any atom is 0.275 e. The maximum absolute atomic E-state index is 11.9. The predicted octanol–water partition coefficient (Wildman–Crippen LogP) is 3.34. The lowest BCUT2D eigenvalue weighted by atomic mass is 9.89. The summed E-state index contributed by atoms with van der Waals surface area (Å²) >= 11 is 5.81. The Morgan fingerprint density at radius 1 is 1.47 bits per heavy atom. The third-order valence-electron chi connectivity index (χ3n) is 3.39. The number of nitrogens with one attached hydrogen (secondary N) is 1. The van der Waals surface area contributed by atoms with Gasteiger partial charge >= 0.3 is 0 Å². The lowest BCUT2D eigenvalue weighted by Gasteiger charge is -2.19. The molecular formula is C14H17ClN2O2. The minimum atomic E-state index is -0.440. The van der Waals surface area contributed by atoms with E-state index in [0.29, 0.717) is 10.9 Å². The molecule has 1 aliphatic rings. The van der Waals surface area contributed by atoms with Gasteiger partial charge in [-0.2, -0.15) is 5.10 Å². The smallest absolute Gasteiger partial charge is 0.275 e. The molecule has 2 N–H and O–H groups in total. The average molecular weight is 281 g/mol. The van der Waals surface area contributed by atoms with Gasteiger partial charge in [0.15, 0.2) is 0 Å². The van der Waals surface area contributed by atoms with Gasteiger partial charge in [-0.15, -0.1) is 0 Å². The molecule has 0 radical (unpaired) electrons. The number of halogens is 1. The fourth-order valence-corrected chi connectivity index (χ4v) is 2.38. The van der Waals surface area contributed by atoms with Crippen LogP contribution in [0.5, 0.6) is 5.75 Å². The minimum Gasteiger partial charge on any atom is -0.507 e. The van der Waals surface area contributed by atoms with Gasteiger partial charge in [-0.25, -0.2) is 5.43 Å². The number of hydrogen-bond acceptors (Lipinski definition) is 3. The number of benzene rings is 1. The lowest BCUT2D eigenvalue weighted by Crippen LogP contribution is -2.24. The van der Waals surface area contributed by atoms with Gasteiger partial charge in [-0.1, -0.05) is 24.9 Å². The van der Waals surface area contributed by atoms with E-state index in [1.54, 1.807) is 0 Å². The van der Waals surface area contributed by atoms with Crippen LogP contribution < -0.4 is 5.43 Å². The Morgan fingerprint density at radius 3 is 3.00 bits per heavy atom. The van der Waals surface area contributed by atoms with Gasteiger partial charge in [-0.05, 0) is 43.4 Å². The Kier molecular flexibility index (Phi) is 4.43. The summed E-state index contributed by atoms with van der Waals surface area (Å²) in [7, 11) is 0. The SMILES string of the molecule is C[C@@H]1CCCC/C1=N/NC(=O)c1cc(Cl)ccc1O. The van der Waals surface area contributed by atoms with Crippen molar-refractivity contribution in [1.82, 2.24) is 5.43 Å². The zero-order chi connectivity index (χ0) is 13.8. The fraction of sp³-hybridized carbons (Fsp3) is 0.429. The van der Waals surface area contributed by atoms with Gasteiger partial charge in [0.25, 0.3) is 5.91 Å². The summed E-state index contributed by atoms with van der Waals surface area (Å²) in [4.78, 5) is 11.9. The van der Waals surface area contributed by atoms with Crippen molar-refractivity contribution in [3.05, 3.63) is 28.8 Å². The summed E-state index contributed by atoms with van der Waals surface area (Å²) in [5, 5.41) is 14.2. The van der Waals surface area contributed by atoms with Crippen molar-refractivity contribution in [1.29, 1.82) is 0 Å². The monoisotopic (exact) mass is 280 g/mol. The highest BCUT2D eigenvalue weighted by molar-refractivity contribution is 6.31. The Balaban J connectivity index is 2.08. The number of nitrogens with zero attached hydrogens (tertiary/aromatic N) is 1. The Labute approximate surface area is 117 Å². The summed E-state index contributed by atoms with van der Waals surface area (Å²) in [5.41, 5.74) is 3.65. The number of rotatable bonds is 2. The number of hydrazone groups is 1. The third kappa shape index (κ3) is 3.47. The summed E-state index contributed by atoms with van der Waals surface area (Å²) < 4.78 is 0. The molecule has 0 spiro atoms. The number of amides is 1. The van der Waals surface area contributed by atoms with Crippen LogP contribution in [0.3, 0.4) is 0 Å². The number of hydrogen-bond donors (Lipinski definition) is 2. The molecule has 1 aromatic carbocycles. The highest BCUT2D eigenvalue weighted by atomic mass is 35.5. The topological polar surface area (TPSA) is 61.7 Å². The van der Waals surface area contributed by atoms with E-state index < -0.39 is 5.91 Å². The van der Waals surface area contributed by atoms with E-state index in [1.807, 2.05) is 0 Å². The van der Waals surface area contributed by atoms with Crippen LogP contribution in [-0.2, 0) is 0 Å². The molecule has 2 rings (SSSR count). The van der Waals surface area contributed by atoms with E-state index in [-0.39, 0.29) is 11.3 Å².